The van der Waals surface area contributed by atoms with Gasteiger partial charge in [-0.3, -0.25) is 0 Å². The Balaban J connectivity index is 2.09. The molecule has 2 rings (SSSR count). The average molecular weight is 252 g/mol. The van der Waals surface area contributed by atoms with E-state index in [-0.39, 0.29) is 11.9 Å². The van der Waals surface area contributed by atoms with Crippen molar-refractivity contribution >= 4 is 5.69 Å². The Morgan fingerprint density at radius 3 is 2.72 bits per heavy atom. The smallest absolute Gasteiger partial charge is 0.146 e. The average Bonchev–Trinajstić information content (AvgIpc) is 2.40. The van der Waals surface area contributed by atoms with Gasteiger partial charge in [-0.25, -0.2) is 4.39 Å². The minimum atomic E-state index is -0.155. The zero-order valence-electron chi connectivity index (χ0n) is 10.9. The highest BCUT2D eigenvalue weighted by molar-refractivity contribution is 5.49. The van der Waals surface area contributed by atoms with Crippen molar-refractivity contribution in [2.45, 2.75) is 25.8 Å². The lowest BCUT2D eigenvalue weighted by atomic mass is 10.0. The van der Waals surface area contributed by atoms with Crippen molar-refractivity contribution in [1.29, 1.82) is 0 Å². The lowest BCUT2D eigenvalue weighted by molar-refractivity contribution is 0.122. The highest BCUT2D eigenvalue weighted by atomic mass is 19.1. The molecule has 1 aliphatic heterocycles. The molecule has 0 radical (unpaired) electrons. The summed E-state index contributed by atoms with van der Waals surface area (Å²) in [6.07, 6.45) is 1.64. The van der Waals surface area contributed by atoms with E-state index in [0.717, 1.165) is 31.5 Å². The molecule has 18 heavy (non-hydrogen) atoms. The Kier molecular flexibility index (Phi) is 4.55. The Hall–Kier alpha value is -1.13. The van der Waals surface area contributed by atoms with Crippen molar-refractivity contribution in [3.63, 3.8) is 0 Å². The van der Waals surface area contributed by atoms with Gasteiger partial charge in [-0.1, -0.05) is 13.0 Å². The molecule has 1 atom stereocenters. The highest BCUT2D eigenvalue weighted by Gasteiger charge is 2.15. The van der Waals surface area contributed by atoms with Crippen LogP contribution in [-0.2, 0) is 11.2 Å². The summed E-state index contributed by atoms with van der Waals surface area (Å²) in [5, 5.41) is 0. The summed E-state index contributed by atoms with van der Waals surface area (Å²) in [4.78, 5) is 2.03. The number of morpholine rings is 1. The Bertz CT molecular complexity index is 391. The van der Waals surface area contributed by atoms with Gasteiger partial charge >= 0.3 is 0 Å². The van der Waals surface area contributed by atoms with E-state index in [2.05, 4.69) is 0 Å². The number of nitrogens with zero attached hydrogens (tertiary/aromatic N) is 1. The van der Waals surface area contributed by atoms with Crippen LogP contribution in [0.2, 0.25) is 0 Å². The van der Waals surface area contributed by atoms with E-state index in [1.807, 2.05) is 24.0 Å². The second kappa shape index (κ2) is 6.16. The molecule has 0 bridgehead atoms. The van der Waals surface area contributed by atoms with Crippen molar-refractivity contribution in [3.05, 3.63) is 29.6 Å². The van der Waals surface area contributed by atoms with E-state index in [9.17, 15) is 4.39 Å². The summed E-state index contributed by atoms with van der Waals surface area (Å²) in [5.74, 6) is -0.155. The van der Waals surface area contributed by atoms with Crippen molar-refractivity contribution in [2.24, 2.45) is 5.73 Å². The second-order valence-corrected chi connectivity index (χ2v) is 4.76. The number of halogens is 1. The lowest BCUT2D eigenvalue weighted by Crippen LogP contribution is -2.36. The van der Waals surface area contributed by atoms with Crippen molar-refractivity contribution in [1.82, 2.24) is 0 Å². The number of rotatable bonds is 4. The molecule has 0 saturated carbocycles. The van der Waals surface area contributed by atoms with Crippen molar-refractivity contribution in [3.8, 4) is 0 Å². The van der Waals surface area contributed by atoms with Crippen LogP contribution in [0.3, 0.4) is 0 Å². The monoisotopic (exact) mass is 252 g/mol. The third-order valence-corrected chi connectivity index (χ3v) is 3.39. The van der Waals surface area contributed by atoms with E-state index in [0.29, 0.717) is 18.9 Å². The maximum Gasteiger partial charge on any atom is 0.146 e. The molecule has 1 unspecified atom stereocenters. The van der Waals surface area contributed by atoms with Crippen molar-refractivity contribution < 1.29 is 9.13 Å². The van der Waals surface area contributed by atoms with Gasteiger partial charge in [0.1, 0.15) is 5.82 Å². The van der Waals surface area contributed by atoms with Crippen LogP contribution in [0.1, 0.15) is 18.9 Å². The first-order valence-corrected chi connectivity index (χ1v) is 6.57. The number of anilines is 1. The van der Waals surface area contributed by atoms with Crippen LogP contribution in [0.4, 0.5) is 10.1 Å². The molecule has 1 aromatic rings. The van der Waals surface area contributed by atoms with Crippen LogP contribution < -0.4 is 10.6 Å². The topological polar surface area (TPSA) is 38.5 Å². The second-order valence-electron chi connectivity index (χ2n) is 4.76. The van der Waals surface area contributed by atoms with Crippen LogP contribution in [0, 0.1) is 5.82 Å². The predicted molar refractivity (Wildman–Crippen MR) is 71.4 cm³/mol. The molecule has 3 nitrogen and oxygen atoms in total. The summed E-state index contributed by atoms with van der Waals surface area (Å²) in [7, 11) is 0. The molecule has 0 aliphatic carbocycles. The zero-order valence-corrected chi connectivity index (χ0v) is 10.9. The standard InChI is InChI=1S/C14H21FN2O/c1-2-12(16)9-11-3-4-14(13(15)10-11)17-5-7-18-8-6-17/h3-4,10,12H,2,5-9,16H2,1H3. The van der Waals surface area contributed by atoms with Gasteiger partial charge in [-0.05, 0) is 30.5 Å². The normalized spacial score (nSPS) is 17.8. The fourth-order valence-corrected chi connectivity index (χ4v) is 2.19. The fourth-order valence-electron chi connectivity index (χ4n) is 2.19. The molecule has 0 aromatic heterocycles. The number of benzene rings is 1. The van der Waals surface area contributed by atoms with Crippen LogP contribution >= 0.6 is 0 Å². The first kappa shape index (κ1) is 13.3. The molecule has 1 fully saturated rings. The van der Waals surface area contributed by atoms with Crippen LogP contribution in [-0.4, -0.2) is 32.3 Å². The predicted octanol–water partition coefficient (Wildman–Crippen LogP) is 1.94. The van der Waals surface area contributed by atoms with E-state index >= 15 is 0 Å². The maximum absolute atomic E-state index is 14.1. The molecule has 100 valence electrons. The SMILES string of the molecule is CCC(N)Cc1ccc(N2CCOCC2)c(F)c1. The molecule has 1 saturated heterocycles. The van der Waals surface area contributed by atoms with Crippen LogP contribution in [0.5, 0.6) is 0 Å². The van der Waals surface area contributed by atoms with Gasteiger partial charge in [0, 0.05) is 19.1 Å². The summed E-state index contributed by atoms with van der Waals surface area (Å²) in [5.41, 5.74) is 7.53. The lowest BCUT2D eigenvalue weighted by Gasteiger charge is -2.29. The number of ether oxygens (including phenoxy) is 1. The molecule has 1 heterocycles. The van der Waals surface area contributed by atoms with Gasteiger partial charge in [0.15, 0.2) is 0 Å². The largest absolute Gasteiger partial charge is 0.378 e. The van der Waals surface area contributed by atoms with Gasteiger partial charge in [-0.15, -0.1) is 0 Å². The van der Waals surface area contributed by atoms with Crippen molar-refractivity contribution in [2.75, 3.05) is 31.2 Å². The number of hydrogen-bond donors (Lipinski definition) is 1. The highest BCUT2D eigenvalue weighted by Crippen LogP contribution is 2.22. The molecular formula is C14H21FN2O. The molecule has 2 N–H and O–H groups in total. The minimum absolute atomic E-state index is 0.110. The minimum Gasteiger partial charge on any atom is -0.378 e. The first-order valence-electron chi connectivity index (χ1n) is 6.57. The molecule has 1 aliphatic rings. The summed E-state index contributed by atoms with van der Waals surface area (Å²) in [6.45, 7) is 4.89. The van der Waals surface area contributed by atoms with Gasteiger partial charge in [0.2, 0.25) is 0 Å². The summed E-state index contributed by atoms with van der Waals surface area (Å²) < 4.78 is 19.3. The molecule has 1 aromatic carbocycles. The van der Waals surface area contributed by atoms with Gasteiger partial charge in [0.05, 0.1) is 18.9 Å². The quantitative estimate of drug-likeness (QED) is 0.890. The summed E-state index contributed by atoms with van der Waals surface area (Å²) >= 11 is 0. The third-order valence-electron chi connectivity index (χ3n) is 3.39. The van der Waals surface area contributed by atoms with Crippen LogP contribution in [0.15, 0.2) is 18.2 Å². The Morgan fingerprint density at radius 2 is 2.11 bits per heavy atom. The number of hydrogen-bond acceptors (Lipinski definition) is 3. The van der Waals surface area contributed by atoms with Gasteiger partial charge in [0.25, 0.3) is 0 Å². The maximum atomic E-state index is 14.1. The van der Waals surface area contributed by atoms with E-state index in [1.165, 1.54) is 0 Å². The third kappa shape index (κ3) is 3.21. The fraction of sp³-hybridized carbons (Fsp3) is 0.571. The number of nitrogens with two attached hydrogens (primary N) is 1. The summed E-state index contributed by atoms with van der Waals surface area (Å²) in [6, 6.07) is 5.56. The van der Waals surface area contributed by atoms with E-state index in [1.54, 1.807) is 6.07 Å². The zero-order chi connectivity index (χ0) is 13.0. The molecular weight excluding hydrogens is 231 g/mol. The van der Waals surface area contributed by atoms with E-state index < -0.39 is 0 Å². The van der Waals surface area contributed by atoms with E-state index in [4.69, 9.17) is 10.5 Å². The Morgan fingerprint density at radius 1 is 1.39 bits per heavy atom. The van der Waals surface area contributed by atoms with Gasteiger partial charge < -0.3 is 15.4 Å². The molecule has 4 heteroatoms. The molecule has 0 spiro atoms. The first-order chi connectivity index (χ1) is 8.70. The van der Waals surface area contributed by atoms with Crippen LogP contribution in [0.25, 0.3) is 0 Å². The van der Waals surface area contributed by atoms with Gasteiger partial charge in [-0.2, -0.15) is 0 Å². The Labute approximate surface area is 108 Å². The molecule has 0 amide bonds.